The van der Waals surface area contributed by atoms with E-state index in [2.05, 4.69) is 72.9 Å². The summed E-state index contributed by atoms with van der Waals surface area (Å²) in [5.74, 6) is 0. The maximum absolute atomic E-state index is 6.56. The minimum atomic E-state index is -0.135. The predicted molar refractivity (Wildman–Crippen MR) is 86.3 cm³/mol. The van der Waals surface area contributed by atoms with E-state index >= 15 is 0 Å². The van der Waals surface area contributed by atoms with Crippen LogP contribution < -0.4 is 0 Å². The first-order valence-electron chi connectivity index (χ1n) is 4.84. The Morgan fingerprint density at radius 2 is 1.82 bits per heavy atom. The van der Waals surface area contributed by atoms with Crippen molar-refractivity contribution in [2.75, 3.05) is 0 Å². The van der Waals surface area contributed by atoms with Crippen LogP contribution in [-0.2, 0) is 0 Å². The van der Waals surface area contributed by atoms with Gasteiger partial charge in [0.25, 0.3) is 0 Å². The number of alkyl halides is 1. The van der Waals surface area contributed by atoms with Crippen molar-refractivity contribution in [2.24, 2.45) is 0 Å². The number of thiophene rings is 1. The molecule has 1 unspecified atom stereocenters. The van der Waals surface area contributed by atoms with Crippen LogP contribution >= 0.6 is 70.7 Å². The fraction of sp³-hybridized carbons (Fsp3) is 0.167. The molecule has 0 fully saturated rings. The summed E-state index contributed by atoms with van der Waals surface area (Å²) in [6.45, 7) is 2.08. The zero-order valence-corrected chi connectivity index (χ0v) is 15.1. The van der Waals surface area contributed by atoms with Crippen molar-refractivity contribution in [3.63, 3.8) is 0 Å². The first-order valence-corrected chi connectivity index (χ1v) is 8.47. The van der Waals surface area contributed by atoms with E-state index in [0.717, 1.165) is 23.2 Å². The molecule has 1 heterocycles. The normalized spacial score (nSPS) is 12.8. The van der Waals surface area contributed by atoms with Gasteiger partial charge in [-0.25, -0.2) is 0 Å². The van der Waals surface area contributed by atoms with Crippen molar-refractivity contribution in [1.82, 2.24) is 0 Å². The van der Waals surface area contributed by atoms with Crippen molar-refractivity contribution in [3.8, 4) is 0 Å². The third-order valence-electron chi connectivity index (χ3n) is 2.47. The Morgan fingerprint density at radius 3 is 2.41 bits per heavy atom. The Morgan fingerprint density at radius 1 is 1.12 bits per heavy atom. The first kappa shape index (κ1) is 14.1. The molecule has 0 saturated carbocycles. The molecule has 5 heteroatoms. The number of rotatable bonds is 2. The van der Waals surface area contributed by atoms with Crippen LogP contribution in [-0.4, -0.2) is 0 Å². The molecule has 1 aromatic heterocycles. The molecule has 90 valence electrons. The molecule has 2 rings (SSSR count). The Bertz CT molecular complexity index is 551. The summed E-state index contributed by atoms with van der Waals surface area (Å²) >= 11 is 18.7. The van der Waals surface area contributed by atoms with Crippen LogP contribution in [0.3, 0.4) is 0 Å². The quantitative estimate of drug-likeness (QED) is 0.440. The lowest BCUT2D eigenvalue weighted by Crippen LogP contribution is -1.95. The van der Waals surface area contributed by atoms with Gasteiger partial charge in [0.15, 0.2) is 0 Å². The van der Waals surface area contributed by atoms with E-state index < -0.39 is 0 Å². The van der Waals surface area contributed by atoms with Crippen molar-refractivity contribution in [1.29, 1.82) is 0 Å². The average Bonchev–Trinajstić information content (AvgIpc) is 2.60. The average molecular weight is 459 g/mol. The Balaban J connectivity index is 2.46. The van der Waals surface area contributed by atoms with Crippen LogP contribution in [0.4, 0.5) is 0 Å². The highest BCUT2D eigenvalue weighted by atomic mass is 79.9. The standard InChI is InChI=1S/C12H8Br3ClS/c1-6-2-3-7(13)4-8(6)11(16)9-5-10(14)17-12(9)15/h2-5,11H,1H3. The highest BCUT2D eigenvalue weighted by Crippen LogP contribution is 2.42. The van der Waals surface area contributed by atoms with Gasteiger partial charge in [-0.2, -0.15) is 0 Å². The summed E-state index contributed by atoms with van der Waals surface area (Å²) in [5, 5.41) is -0.135. The Labute approximate surface area is 135 Å². The molecule has 17 heavy (non-hydrogen) atoms. The van der Waals surface area contributed by atoms with E-state index in [4.69, 9.17) is 11.6 Å². The van der Waals surface area contributed by atoms with Gasteiger partial charge in [0.2, 0.25) is 0 Å². The molecular weight excluding hydrogens is 451 g/mol. The van der Waals surface area contributed by atoms with Gasteiger partial charge in [-0.15, -0.1) is 22.9 Å². The molecule has 1 atom stereocenters. The van der Waals surface area contributed by atoms with E-state index in [9.17, 15) is 0 Å². The number of benzene rings is 1. The smallest absolute Gasteiger partial charge is 0.0857 e. The maximum atomic E-state index is 6.56. The number of hydrogen-bond acceptors (Lipinski definition) is 1. The monoisotopic (exact) mass is 456 g/mol. The van der Waals surface area contributed by atoms with Crippen molar-refractivity contribution < 1.29 is 0 Å². The molecule has 0 spiro atoms. The lowest BCUT2D eigenvalue weighted by molar-refractivity contribution is 1.11. The molecule has 0 bridgehead atoms. The van der Waals surface area contributed by atoms with E-state index in [1.54, 1.807) is 11.3 Å². The molecule has 0 aliphatic rings. The molecule has 0 saturated heterocycles. The SMILES string of the molecule is Cc1ccc(Br)cc1C(Cl)c1cc(Br)sc1Br. The van der Waals surface area contributed by atoms with Crippen molar-refractivity contribution >= 4 is 70.7 Å². The Kier molecular flexibility index (Phi) is 4.75. The van der Waals surface area contributed by atoms with E-state index in [0.29, 0.717) is 0 Å². The summed E-state index contributed by atoms with van der Waals surface area (Å²) in [4.78, 5) is 0. The van der Waals surface area contributed by atoms with Gasteiger partial charge in [-0.1, -0.05) is 22.0 Å². The van der Waals surface area contributed by atoms with Crippen LogP contribution in [0.15, 0.2) is 36.3 Å². The lowest BCUT2D eigenvalue weighted by atomic mass is 10.0. The fourth-order valence-electron chi connectivity index (χ4n) is 1.58. The lowest BCUT2D eigenvalue weighted by Gasteiger charge is -2.12. The zero-order chi connectivity index (χ0) is 12.6. The molecule has 1 aromatic carbocycles. The second-order valence-electron chi connectivity index (χ2n) is 3.64. The summed E-state index contributed by atoms with van der Waals surface area (Å²) in [7, 11) is 0. The van der Waals surface area contributed by atoms with E-state index in [1.165, 1.54) is 5.56 Å². The van der Waals surface area contributed by atoms with Gasteiger partial charge in [0.05, 0.1) is 12.9 Å². The molecule has 2 aromatic rings. The van der Waals surface area contributed by atoms with Crippen LogP contribution in [0.1, 0.15) is 22.1 Å². The molecule has 0 N–H and O–H groups in total. The van der Waals surface area contributed by atoms with Crippen LogP contribution in [0.5, 0.6) is 0 Å². The summed E-state index contributed by atoms with van der Waals surface area (Å²) in [5.41, 5.74) is 3.43. The third-order valence-corrected chi connectivity index (χ3v) is 5.82. The van der Waals surface area contributed by atoms with Gasteiger partial charge < -0.3 is 0 Å². The van der Waals surface area contributed by atoms with Crippen molar-refractivity contribution in [3.05, 3.63) is 53.0 Å². The minimum Gasteiger partial charge on any atom is -0.121 e. The highest BCUT2D eigenvalue weighted by Gasteiger charge is 2.18. The zero-order valence-electron chi connectivity index (χ0n) is 8.81. The number of halogens is 4. The van der Waals surface area contributed by atoms with Crippen LogP contribution in [0.25, 0.3) is 0 Å². The van der Waals surface area contributed by atoms with Crippen LogP contribution in [0, 0.1) is 6.92 Å². The highest BCUT2D eigenvalue weighted by molar-refractivity contribution is 9.12. The van der Waals surface area contributed by atoms with Gasteiger partial charge in [0, 0.05) is 10.0 Å². The largest absolute Gasteiger partial charge is 0.121 e. The van der Waals surface area contributed by atoms with Gasteiger partial charge >= 0.3 is 0 Å². The number of hydrogen-bond donors (Lipinski definition) is 0. The summed E-state index contributed by atoms with van der Waals surface area (Å²) in [6, 6.07) is 8.24. The minimum absolute atomic E-state index is 0.135. The van der Waals surface area contributed by atoms with Gasteiger partial charge in [-0.3, -0.25) is 0 Å². The topological polar surface area (TPSA) is 0 Å². The molecule has 0 aliphatic carbocycles. The molecule has 0 radical (unpaired) electrons. The molecule has 0 nitrogen and oxygen atoms in total. The van der Waals surface area contributed by atoms with Gasteiger partial charge in [-0.05, 0) is 68.1 Å². The third kappa shape index (κ3) is 3.16. The van der Waals surface area contributed by atoms with Gasteiger partial charge in [0.1, 0.15) is 0 Å². The second-order valence-corrected chi connectivity index (χ2v) is 8.74. The second kappa shape index (κ2) is 5.74. The Hall–Kier alpha value is 0.650. The van der Waals surface area contributed by atoms with Crippen LogP contribution in [0.2, 0.25) is 0 Å². The summed E-state index contributed by atoms with van der Waals surface area (Å²) in [6.07, 6.45) is 0. The fourth-order valence-corrected chi connectivity index (χ4v) is 5.46. The maximum Gasteiger partial charge on any atom is 0.0857 e. The first-order chi connectivity index (χ1) is 7.99. The number of aryl methyl sites for hydroxylation is 1. The molecule has 0 aliphatic heterocycles. The molecule has 0 amide bonds. The van der Waals surface area contributed by atoms with E-state index in [-0.39, 0.29) is 5.38 Å². The molecular formula is C12H8Br3ClS. The van der Waals surface area contributed by atoms with E-state index in [1.807, 2.05) is 6.07 Å². The predicted octanol–water partition coefficient (Wildman–Crippen LogP) is 6.67. The van der Waals surface area contributed by atoms with Crippen molar-refractivity contribution in [2.45, 2.75) is 12.3 Å². The summed E-state index contributed by atoms with van der Waals surface area (Å²) < 4.78 is 3.20.